The Morgan fingerprint density at radius 3 is 2.76 bits per heavy atom. The topological polar surface area (TPSA) is 17.8 Å². The lowest BCUT2D eigenvalue weighted by molar-refractivity contribution is 0.466. The summed E-state index contributed by atoms with van der Waals surface area (Å²) in [4.78, 5) is 4.77. The van der Waals surface area contributed by atoms with Crippen LogP contribution in [0, 0.1) is 6.92 Å². The average molecular weight is 226 g/mol. The number of rotatable bonds is 1. The summed E-state index contributed by atoms with van der Waals surface area (Å²) in [6.07, 6.45) is 2.54. The third-order valence-electron chi connectivity index (χ3n) is 3.68. The molecule has 1 aromatic heterocycles. The van der Waals surface area contributed by atoms with Crippen molar-refractivity contribution in [2.24, 2.45) is 0 Å². The monoisotopic (exact) mass is 226 g/mol. The minimum atomic E-state index is 0.597. The van der Waals surface area contributed by atoms with Gasteiger partial charge in [0.1, 0.15) is 5.82 Å². The van der Waals surface area contributed by atoms with Crippen molar-refractivity contribution in [3.8, 4) is 11.3 Å². The van der Waals surface area contributed by atoms with Gasteiger partial charge in [0.2, 0.25) is 0 Å². The molecule has 1 atom stereocenters. The molecule has 0 aliphatic carbocycles. The molecule has 1 unspecified atom stereocenters. The molecule has 2 nitrogen and oxygen atoms in total. The summed E-state index contributed by atoms with van der Waals surface area (Å²) in [7, 11) is 0. The Kier molecular flexibility index (Phi) is 2.50. The van der Waals surface area contributed by atoms with E-state index >= 15 is 0 Å². The van der Waals surface area contributed by atoms with Gasteiger partial charge in [-0.05, 0) is 19.8 Å². The van der Waals surface area contributed by atoms with Crippen molar-refractivity contribution >= 4 is 0 Å². The minimum absolute atomic E-state index is 0.597. The van der Waals surface area contributed by atoms with Gasteiger partial charge in [-0.2, -0.15) is 0 Å². The van der Waals surface area contributed by atoms with Gasteiger partial charge >= 0.3 is 0 Å². The van der Waals surface area contributed by atoms with Gasteiger partial charge in [-0.25, -0.2) is 4.98 Å². The number of fused-ring (bicyclic) bond motifs is 1. The Morgan fingerprint density at radius 2 is 2.00 bits per heavy atom. The summed E-state index contributed by atoms with van der Waals surface area (Å²) >= 11 is 0. The zero-order chi connectivity index (χ0) is 11.8. The number of hydrogen-bond acceptors (Lipinski definition) is 1. The number of aryl methyl sites for hydroxylation is 1. The van der Waals surface area contributed by atoms with Crippen LogP contribution in [0.3, 0.4) is 0 Å². The first-order valence-corrected chi connectivity index (χ1v) is 6.40. The van der Waals surface area contributed by atoms with Gasteiger partial charge in [0.05, 0.1) is 11.4 Å². The molecule has 0 radical (unpaired) electrons. The molecule has 3 rings (SSSR count). The van der Waals surface area contributed by atoms with E-state index in [0.717, 1.165) is 6.54 Å². The summed E-state index contributed by atoms with van der Waals surface area (Å²) in [5, 5.41) is 0. The molecule has 2 aromatic rings. The molecule has 0 spiro atoms. The fraction of sp³-hybridized carbons (Fsp3) is 0.400. The predicted octanol–water partition coefficient (Wildman–Crippen LogP) is 3.76. The molecular weight excluding hydrogens is 208 g/mol. The highest BCUT2D eigenvalue weighted by atomic mass is 15.1. The smallest absolute Gasteiger partial charge is 0.112 e. The number of hydrogen-bond donors (Lipinski definition) is 0. The van der Waals surface area contributed by atoms with Gasteiger partial charge in [-0.15, -0.1) is 0 Å². The van der Waals surface area contributed by atoms with Crippen LogP contribution >= 0.6 is 0 Å². The van der Waals surface area contributed by atoms with Gasteiger partial charge in [0.15, 0.2) is 0 Å². The highest BCUT2D eigenvalue weighted by molar-refractivity contribution is 5.63. The van der Waals surface area contributed by atoms with Crippen molar-refractivity contribution in [3.05, 3.63) is 41.9 Å². The number of aromatic nitrogens is 2. The summed E-state index contributed by atoms with van der Waals surface area (Å²) < 4.78 is 2.42. The fourth-order valence-corrected chi connectivity index (χ4v) is 2.84. The molecule has 0 amide bonds. The molecule has 0 N–H and O–H groups in total. The summed E-state index contributed by atoms with van der Waals surface area (Å²) in [6.45, 7) is 5.53. The first kappa shape index (κ1) is 10.6. The zero-order valence-electron chi connectivity index (χ0n) is 10.5. The van der Waals surface area contributed by atoms with E-state index in [4.69, 9.17) is 4.98 Å². The molecule has 1 aromatic carbocycles. The summed E-state index contributed by atoms with van der Waals surface area (Å²) in [5.41, 5.74) is 3.77. The average Bonchev–Trinajstić information content (AvgIpc) is 2.68. The van der Waals surface area contributed by atoms with Crippen LogP contribution in [-0.4, -0.2) is 9.55 Å². The molecule has 0 fully saturated rings. The van der Waals surface area contributed by atoms with Crippen molar-refractivity contribution in [2.45, 2.75) is 39.2 Å². The SMILES string of the molecule is Cc1nc2n(c1-c1ccccc1)CCCC2C. The molecule has 2 heteroatoms. The van der Waals surface area contributed by atoms with Crippen LogP contribution in [0.15, 0.2) is 30.3 Å². The number of imidazole rings is 1. The normalized spacial score (nSPS) is 19.1. The number of benzene rings is 1. The van der Waals surface area contributed by atoms with Gasteiger partial charge in [-0.3, -0.25) is 0 Å². The van der Waals surface area contributed by atoms with E-state index < -0.39 is 0 Å². The fourth-order valence-electron chi connectivity index (χ4n) is 2.84. The van der Waals surface area contributed by atoms with Crippen molar-refractivity contribution in [1.82, 2.24) is 9.55 Å². The van der Waals surface area contributed by atoms with Crippen molar-refractivity contribution in [1.29, 1.82) is 0 Å². The van der Waals surface area contributed by atoms with Crippen LogP contribution in [-0.2, 0) is 6.54 Å². The van der Waals surface area contributed by atoms with E-state index in [9.17, 15) is 0 Å². The Morgan fingerprint density at radius 1 is 1.24 bits per heavy atom. The Hall–Kier alpha value is -1.57. The Balaban J connectivity index is 2.18. The van der Waals surface area contributed by atoms with Crippen LogP contribution in [0.5, 0.6) is 0 Å². The molecule has 88 valence electrons. The van der Waals surface area contributed by atoms with Crippen LogP contribution in [0.25, 0.3) is 11.3 Å². The lowest BCUT2D eigenvalue weighted by Gasteiger charge is -2.21. The van der Waals surface area contributed by atoms with E-state index in [2.05, 4.69) is 48.7 Å². The molecule has 2 heterocycles. The van der Waals surface area contributed by atoms with Crippen LogP contribution < -0.4 is 0 Å². The second-order valence-electron chi connectivity index (χ2n) is 4.96. The first-order chi connectivity index (χ1) is 8.27. The lowest BCUT2D eigenvalue weighted by Crippen LogP contribution is -2.14. The largest absolute Gasteiger partial charge is 0.328 e. The first-order valence-electron chi connectivity index (χ1n) is 6.40. The molecular formula is C15H18N2. The quantitative estimate of drug-likeness (QED) is 0.724. The van der Waals surface area contributed by atoms with E-state index in [1.54, 1.807) is 0 Å². The zero-order valence-corrected chi connectivity index (χ0v) is 10.5. The van der Waals surface area contributed by atoms with Crippen molar-refractivity contribution in [2.75, 3.05) is 0 Å². The molecule has 0 saturated heterocycles. The summed E-state index contributed by atoms with van der Waals surface area (Å²) in [6, 6.07) is 10.6. The molecule has 1 aliphatic heterocycles. The third-order valence-corrected chi connectivity index (χ3v) is 3.68. The third kappa shape index (κ3) is 1.68. The maximum atomic E-state index is 4.77. The highest BCUT2D eigenvalue weighted by Gasteiger charge is 2.23. The molecule has 1 aliphatic rings. The minimum Gasteiger partial charge on any atom is -0.328 e. The molecule has 17 heavy (non-hydrogen) atoms. The van der Waals surface area contributed by atoms with Gasteiger partial charge in [0, 0.05) is 18.0 Å². The van der Waals surface area contributed by atoms with Gasteiger partial charge in [0.25, 0.3) is 0 Å². The maximum Gasteiger partial charge on any atom is 0.112 e. The summed E-state index contributed by atoms with van der Waals surface area (Å²) in [5.74, 6) is 1.87. The second-order valence-corrected chi connectivity index (χ2v) is 4.96. The Bertz CT molecular complexity index is 525. The second kappa shape index (κ2) is 4.02. The van der Waals surface area contributed by atoms with E-state index in [1.165, 1.54) is 35.6 Å². The Labute approximate surface area is 102 Å². The van der Waals surface area contributed by atoms with Crippen molar-refractivity contribution < 1.29 is 0 Å². The van der Waals surface area contributed by atoms with Crippen LogP contribution in [0.2, 0.25) is 0 Å². The lowest BCUT2D eigenvalue weighted by atomic mass is 10.0. The maximum absolute atomic E-state index is 4.77. The number of nitrogens with zero attached hydrogens (tertiary/aromatic N) is 2. The van der Waals surface area contributed by atoms with Gasteiger partial charge < -0.3 is 4.57 Å². The predicted molar refractivity (Wildman–Crippen MR) is 70.0 cm³/mol. The highest BCUT2D eigenvalue weighted by Crippen LogP contribution is 2.33. The van der Waals surface area contributed by atoms with Crippen LogP contribution in [0.1, 0.15) is 37.2 Å². The van der Waals surface area contributed by atoms with Gasteiger partial charge in [-0.1, -0.05) is 37.3 Å². The molecule has 0 saturated carbocycles. The molecule has 0 bridgehead atoms. The van der Waals surface area contributed by atoms with E-state index in [1.807, 2.05) is 0 Å². The standard InChI is InChI=1S/C15H18N2/c1-11-7-6-10-17-14(12(2)16-15(11)17)13-8-4-3-5-9-13/h3-5,8-9,11H,6-7,10H2,1-2H3. The van der Waals surface area contributed by atoms with Crippen LogP contribution in [0.4, 0.5) is 0 Å². The van der Waals surface area contributed by atoms with E-state index in [-0.39, 0.29) is 0 Å². The van der Waals surface area contributed by atoms with Crippen molar-refractivity contribution in [3.63, 3.8) is 0 Å². The van der Waals surface area contributed by atoms with E-state index in [0.29, 0.717) is 5.92 Å².